The van der Waals surface area contributed by atoms with Crippen molar-refractivity contribution < 1.29 is 5.11 Å². The Hall–Kier alpha value is -1.43. The van der Waals surface area contributed by atoms with E-state index in [4.69, 9.17) is 4.98 Å². The fourth-order valence-corrected chi connectivity index (χ4v) is 3.23. The summed E-state index contributed by atoms with van der Waals surface area (Å²) in [6, 6.07) is 10.3. The lowest BCUT2D eigenvalue weighted by Gasteiger charge is -2.14. The summed E-state index contributed by atoms with van der Waals surface area (Å²) >= 11 is 1.72. The van der Waals surface area contributed by atoms with Crippen LogP contribution in [0.4, 0.5) is 5.13 Å². The van der Waals surface area contributed by atoms with E-state index in [1.807, 2.05) is 51.0 Å². The lowest BCUT2D eigenvalue weighted by Crippen LogP contribution is -2.23. The quantitative estimate of drug-likeness (QED) is 0.727. The number of hydrogen-bond donors (Lipinski definition) is 2. The van der Waals surface area contributed by atoms with Gasteiger partial charge in [-0.25, -0.2) is 4.98 Å². The van der Waals surface area contributed by atoms with Gasteiger partial charge in [-0.2, -0.15) is 0 Å². The largest absolute Gasteiger partial charge is 0.393 e. The van der Waals surface area contributed by atoms with Crippen LogP contribution in [-0.4, -0.2) is 36.8 Å². The van der Waals surface area contributed by atoms with Crippen molar-refractivity contribution in [3.63, 3.8) is 0 Å². The molecule has 1 atom stereocenters. The van der Waals surface area contributed by atoms with Crippen molar-refractivity contribution in [2.24, 2.45) is 5.92 Å². The van der Waals surface area contributed by atoms with E-state index in [1.165, 1.54) is 4.88 Å². The van der Waals surface area contributed by atoms with Gasteiger partial charge in [0.2, 0.25) is 0 Å². The first kappa shape index (κ1) is 17.9. The van der Waals surface area contributed by atoms with Crippen LogP contribution in [0.3, 0.4) is 0 Å². The average Bonchev–Trinajstić information content (AvgIpc) is 2.96. The molecule has 0 amide bonds. The maximum absolute atomic E-state index is 9.88. The van der Waals surface area contributed by atoms with Gasteiger partial charge >= 0.3 is 0 Å². The van der Waals surface area contributed by atoms with Gasteiger partial charge in [-0.15, -0.1) is 0 Å². The van der Waals surface area contributed by atoms with Crippen LogP contribution in [0, 0.1) is 5.92 Å². The summed E-state index contributed by atoms with van der Waals surface area (Å²) in [6.45, 7) is 5.68. The molecule has 0 aliphatic carbocycles. The molecule has 0 aliphatic rings. The second-order valence-corrected chi connectivity index (χ2v) is 7.37. The normalized spacial score (nSPS) is 12.6. The average molecular weight is 334 g/mol. The molecule has 126 valence electrons. The maximum atomic E-state index is 9.88. The molecule has 0 fully saturated rings. The summed E-state index contributed by atoms with van der Waals surface area (Å²) in [5.74, 6) is 0.306. The van der Waals surface area contributed by atoms with Crippen molar-refractivity contribution >= 4 is 16.5 Å². The van der Waals surface area contributed by atoms with Crippen LogP contribution >= 0.6 is 11.3 Å². The molecular weight excluding hydrogens is 306 g/mol. The molecule has 1 heterocycles. The summed E-state index contributed by atoms with van der Waals surface area (Å²) < 4.78 is 0. The number of thiazole rings is 1. The topological polar surface area (TPSA) is 48.4 Å². The summed E-state index contributed by atoms with van der Waals surface area (Å²) in [5, 5.41) is 14.3. The molecule has 0 radical (unpaired) electrons. The Kier molecular flexibility index (Phi) is 6.57. The van der Waals surface area contributed by atoms with Gasteiger partial charge in [-0.05, 0) is 18.9 Å². The Morgan fingerprint density at radius 1 is 1.22 bits per heavy atom. The summed E-state index contributed by atoms with van der Waals surface area (Å²) in [5.41, 5.74) is 2.20. The molecule has 4 nitrogen and oxygen atoms in total. The molecule has 0 bridgehead atoms. The van der Waals surface area contributed by atoms with Crippen LogP contribution in [0.1, 0.15) is 25.1 Å². The van der Waals surface area contributed by atoms with E-state index < -0.39 is 0 Å². The van der Waals surface area contributed by atoms with Crippen LogP contribution in [0.15, 0.2) is 30.3 Å². The Bertz CT molecular complexity index is 596. The third-order valence-corrected chi connectivity index (χ3v) is 5.01. The minimum absolute atomic E-state index is 0.241. The number of anilines is 1. The Labute approximate surface area is 143 Å². The first-order chi connectivity index (χ1) is 11.0. The second kappa shape index (κ2) is 8.43. The van der Waals surface area contributed by atoms with E-state index in [0.29, 0.717) is 5.92 Å². The molecule has 1 unspecified atom stereocenters. The van der Waals surface area contributed by atoms with Gasteiger partial charge in [0.25, 0.3) is 0 Å². The molecule has 2 aromatic rings. The van der Waals surface area contributed by atoms with Crippen LogP contribution in [0.5, 0.6) is 0 Å². The highest BCUT2D eigenvalue weighted by Crippen LogP contribution is 2.32. The molecular formula is C18H27N3OS. The van der Waals surface area contributed by atoms with Gasteiger partial charge < -0.3 is 15.3 Å². The van der Waals surface area contributed by atoms with Gasteiger partial charge in [-0.1, -0.05) is 55.5 Å². The van der Waals surface area contributed by atoms with Crippen LogP contribution < -0.4 is 10.2 Å². The Morgan fingerprint density at radius 2 is 1.91 bits per heavy atom. The van der Waals surface area contributed by atoms with Crippen molar-refractivity contribution in [2.75, 3.05) is 25.5 Å². The number of aromatic nitrogens is 1. The molecule has 0 spiro atoms. The van der Waals surface area contributed by atoms with Crippen molar-refractivity contribution in [1.82, 2.24) is 10.3 Å². The van der Waals surface area contributed by atoms with Crippen molar-refractivity contribution in [3.8, 4) is 11.3 Å². The zero-order valence-corrected chi connectivity index (χ0v) is 15.2. The van der Waals surface area contributed by atoms with Crippen molar-refractivity contribution in [3.05, 3.63) is 35.2 Å². The molecule has 1 aromatic carbocycles. The summed E-state index contributed by atoms with van der Waals surface area (Å²) in [6.07, 6.45) is 0.535. The lowest BCUT2D eigenvalue weighted by atomic mass is 10.0. The van der Waals surface area contributed by atoms with E-state index in [9.17, 15) is 5.11 Å². The number of benzene rings is 1. The third-order valence-electron chi connectivity index (χ3n) is 3.79. The first-order valence-electron chi connectivity index (χ1n) is 8.10. The lowest BCUT2D eigenvalue weighted by molar-refractivity contribution is 0.116. The predicted molar refractivity (Wildman–Crippen MR) is 99.0 cm³/mol. The maximum Gasteiger partial charge on any atom is 0.185 e. The highest BCUT2D eigenvalue weighted by Gasteiger charge is 2.14. The fourth-order valence-electron chi connectivity index (χ4n) is 2.26. The molecule has 0 saturated heterocycles. The zero-order valence-electron chi connectivity index (χ0n) is 14.4. The van der Waals surface area contributed by atoms with Gasteiger partial charge in [-0.3, -0.25) is 0 Å². The number of hydrogen-bond acceptors (Lipinski definition) is 5. The third kappa shape index (κ3) is 5.03. The molecule has 0 aliphatic heterocycles. The van der Waals surface area contributed by atoms with E-state index in [0.717, 1.165) is 35.9 Å². The van der Waals surface area contributed by atoms with E-state index in [1.54, 1.807) is 11.3 Å². The summed E-state index contributed by atoms with van der Waals surface area (Å²) in [4.78, 5) is 8.06. The fraction of sp³-hybridized carbons (Fsp3) is 0.500. The second-order valence-electron chi connectivity index (χ2n) is 6.31. The van der Waals surface area contributed by atoms with Crippen LogP contribution in [0.25, 0.3) is 11.3 Å². The van der Waals surface area contributed by atoms with E-state index >= 15 is 0 Å². The Morgan fingerprint density at radius 3 is 2.52 bits per heavy atom. The highest BCUT2D eigenvalue weighted by atomic mass is 32.1. The number of aliphatic hydroxyl groups excluding tert-OH is 1. The first-order valence-corrected chi connectivity index (χ1v) is 8.92. The number of nitrogens with one attached hydrogen (secondary N) is 1. The van der Waals surface area contributed by atoms with Crippen molar-refractivity contribution in [2.45, 2.75) is 32.9 Å². The molecule has 5 heteroatoms. The number of rotatable bonds is 8. The molecule has 0 saturated carbocycles. The number of aliphatic hydroxyl groups is 1. The summed E-state index contributed by atoms with van der Waals surface area (Å²) in [7, 11) is 4.04. The van der Waals surface area contributed by atoms with Crippen LogP contribution in [-0.2, 0) is 6.54 Å². The van der Waals surface area contributed by atoms with Gasteiger partial charge in [0.05, 0.1) is 11.8 Å². The molecule has 2 N–H and O–H groups in total. The van der Waals surface area contributed by atoms with E-state index in [2.05, 4.69) is 17.4 Å². The Balaban J connectivity index is 2.05. The monoisotopic (exact) mass is 333 g/mol. The zero-order chi connectivity index (χ0) is 16.8. The van der Waals surface area contributed by atoms with E-state index in [-0.39, 0.29) is 6.10 Å². The number of nitrogens with zero attached hydrogens (tertiary/aromatic N) is 2. The highest BCUT2D eigenvalue weighted by molar-refractivity contribution is 7.16. The SMILES string of the molecule is CC(C)C(O)CCNCc1sc(N(C)C)nc1-c1ccccc1. The van der Waals surface area contributed by atoms with Gasteiger partial charge in [0.15, 0.2) is 5.13 Å². The molecule has 23 heavy (non-hydrogen) atoms. The smallest absolute Gasteiger partial charge is 0.185 e. The standard InChI is InChI=1S/C18H27N3OS/c1-13(2)15(22)10-11-19-12-16-17(14-8-6-5-7-9-14)20-18(23-16)21(3)4/h5-9,13,15,19,22H,10-12H2,1-4H3. The molecule has 2 rings (SSSR count). The predicted octanol–water partition coefficient (Wildman–Crippen LogP) is 3.37. The van der Waals surface area contributed by atoms with Crippen LogP contribution in [0.2, 0.25) is 0 Å². The van der Waals surface area contributed by atoms with Gasteiger partial charge in [0.1, 0.15) is 0 Å². The van der Waals surface area contributed by atoms with Crippen molar-refractivity contribution in [1.29, 1.82) is 0 Å². The van der Waals surface area contributed by atoms with Gasteiger partial charge in [0, 0.05) is 31.1 Å². The minimum atomic E-state index is -0.241. The molecule has 1 aromatic heterocycles. The minimum Gasteiger partial charge on any atom is -0.393 e.